The van der Waals surface area contributed by atoms with Crippen molar-refractivity contribution in [3.05, 3.63) is 70.2 Å². The molecule has 1 heterocycles. The van der Waals surface area contributed by atoms with Gasteiger partial charge in [0.2, 0.25) is 0 Å². The summed E-state index contributed by atoms with van der Waals surface area (Å²) in [7, 11) is 0. The van der Waals surface area contributed by atoms with Gasteiger partial charge >= 0.3 is 12.1 Å². The van der Waals surface area contributed by atoms with E-state index in [1.165, 1.54) is 0 Å². The van der Waals surface area contributed by atoms with Gasteiger partial charge in [-0.25, -0.2) is 0 Å². The van der Waals surface area contributed by atoms with E-state index < -0.39 is 18.1 Å². The fourth-order valence-corrected chi connectivity index (χ4v) is 5.32. The Kier molecular flexibility index (Phi) is 6.44. The summed E-state index contributed by atoms with van der Waals surface area (Å²) in [6.07, 6.45) is -2.16. The van der Waals surface area contributed by atoms with Gasteiger partial charge in [-0.15, -0.1) is 0 Å². The topological polar surface area (TPSA) is 32.3 Å². The first-order valence-corrected chi connectivity index (χ1v) is 11.4. The average molecular weight is 495 g/mol. The molecular formula is C24H26BrF3N2O. The van der Waals surface area contributed by atoms with E-state index in [2.05, 4.69) is 21.2 Å². The Morgan fingerprint density at radius 1 is 1.10 bits per heavy atom. The highest BCUT2D eigenvalue weighted by atomic mass is 79.9. The normalized spacial score (nSPS) is 22.7. The van der Waals surface area contributed by atoms with Crippen molar-refractivity contribution >= 4 is 21.8 Å². The number of piperidine rings is 1. The molecule has 2 aromatic carbocycles. The quantitative estimate of drug-likeness (QED) is 0.590. The molecule has 0 radical (unpaired) electrons. The molecule has 1 aliphatic heterocycles. The van der Waals surface area contributed by atoms with E-state index in [0.717, 1.165) is 46.4 Å². The fourth-order valence-electron chi connectivity index (χ4n) is 4.88. The summed E-state index contributed by atoms with van der Waals surface area (Å²) in [5, 5.41) is 3.31. The second kappa shape index (κ2) is 8.94. The number of carbonyl (C=O) groups is 1. The molecule has 1 amide bonds. The van der Waals surface area contributed by atoms with E-state index >= 15 is 0 Å². The van der Waals surface area contributed by atoms with Crippen molar-refractivity contribution in [1.82, 2.24) is 10.2 Å². The molecule has 166 valence electrons. The Hall–Kier alpha value is -1.86. The van der Waals surface area contributed by atoms with Crippen molar-refractivity contribution < 1.29 is 18.0 Å². The van der Waals surface area contributed by atoms with Gasteiger partial charge in [0, 0.05) is 23.0 Å². The van der Waals surface area contributed by atoms with Gasteiger partial charge in [-0.2, -0.15) is 13.2 Å². The van der Waals surface area contributed by atoms with Gasteiger partial charge in [0.15, 0.2) is 0 Å². The maximum atomic E-state index is 13.6. The summed E-state index contributed by atoms with van der Waals surface area (Å²) >= 11 is 3.49. The van der Waals surface area contributed by atoms with Crippen molar-refractivity contribution in [2.24, 2.45) is 5.41 Å². The first kappa shape index (κ1) is 22.3. The fraction of sp³-hybridized carbons (Fsp3) is 0.458. The van der Waals surface area contributed by atoms with Crippen molar-refractivity contribution in [3.8, 4) is 0 Å². The van der Waals surface area contributed by atoms with Crippen LogP contribution in [0.1, 0.15) is 36.3 Å². The van der Waals surface area contributed by atoms with Crippen LogP contribution in [0.5, 0.6) is 0 Å². The number of halogens is 4. The molecule has 0 unspecified atom stereocenters. The van der Waals surface area contributed by atoms with Gasteiger partial charge in [0.25, 0.3) is 0 Å². The molecule has 4 rings (SSSR count). The molecule has 31 heavy (non-hydrogen) atoms. The maximum Gasteiger partial charge on any atom is 0.471 e. The number of nitrogens with zero attached hydrogens (tertiary/aromatic N) is 1. The van der Waals surface area contributed by atoms with Crippen LogP contribution in [-0.4, -0.2) is 42.7 Å². The second-order valence-corrected chi connectivity index (χ2v) is 9.72. The van der Waals surface area contributed by atoms with E-state index in [0.29, 0.717) is 12.8 Å². The molecule has 1 N–H and O–H groups in total. The second-order valence-electron chi connectivity index (χ2n) is 8.81. The molecule has 7 heteroatoms. The molecule has 2 fully saturated rings. The number of benzene rings is 2. The monoisotopic (exact) mass is 494 g/mol. The summed E-state index contributed by atoms with van der Waals surface area (Å²) < 4.78 is 41.6. The number of carbonyl (C=O) groups excluding carboxylic acids is 1. The number of amides is 1. The van der Waals surface area contributed by atoms with E-state index in [1.807, 2.05) is 54.6 Å². The third kappa shape index (κ3) is 5.32. The first-order valence-electron chi connectivity index (χ1n) is 10.7. The lowest BCUT2D eigenvalue weighted by Gasteiger charge is -2.42. The lowest BCUT2D eigenvalue weighted by molar-refractivity contribution is -0.188. The lowest BCUT2D eigenvalue weighted by Crippen LogP contribution is -2.51. The van der Waals surface area contributed by atoms with E-state index in [-0.39, 0.29) is 17.9 Å². The van der Waals surface area contributed by atoms with E-state index in [1.54, 1.807) is 0 Å². The third-order valence-corrected chi connectivity index (χ3v) is 7.02. The number of hydrogen-bond donors (Lipinski definition) is 1. The summed E-state index contributed by atoms with van der Waals surface area (Å²) in [6.45, 7) is 1.62. The van der Waals surface area contributed by atoms with Crippen LogP contribution < -0.4 is 5.32 Å². The Morgan fingerprint density at radius 3 is 2.45 bits per heavy atom. The van der Waals surface area contributed by atoms with Crippen LogP contribution in [0.2, 0.25) is 0 Å². The zero-order valence-corrected chi connectivity index (χ0v) is 18.8. The summed E-state index contributed by atoms with van der Waals surface area (Å²) in [5.41, 5.74) is 1.70. The van der Waals surface area contributed by atoms with Crippen LogP contribution >= 0.6 is 15.9 Å². The van der Waals surface area contributed by atoms with Crippen LogP contribution in [-0.2, 0) is 11.2 Å². The molecule has 1 saturated carbocycles. The third-order valence-electron chi connectivity index (χ3n) is 6.53. The van der Waals surface area contributed by atoms with Crippen molar-refractivity contribution in [3.63, 3.8) is 0 Å². The van der Waals surface area contributed by atoms with Gasteiger partial charge < -0.3 is 10.2 Å². The highest BCUT2D eigenvalue weighted by Gasteiger charge is 2.53. The van der Waals surface area contributed by atoms with Crippen LogP contribution in [0, 0.1) is 5.41 Å². The van der Waals surface area contributed by atoms with Gasteiger partial charge in [-0.05, 0) is 67.4 Å². The highest BCUT2D eigenvalue weighted by Crippen LogP contribution is 2.48. The summed E-state index contributed by atoms with van der Waals surface area (Å²) in [6, 6.07) is 17.0. The predicted octanol–water partition coefficient (Wildman–Crippen LogP) is 5.31. The van der Waals surface area contributed by atoms with Gasteiger partial charge in [-0.1, -0.05) is 58.4 Å². The molecule has 2 atom stereocenters. The Bertz CT molecular complexity index is 913. The SMILES string of the molecule is O=C(N(CC1(Cc2cccc(Br)c2)CCNCC1)[C@@H]1C[C@H]1c1ccccc1)C(F)(F)F. The summed E-state index contributed by atoms with van der Waals surface area (Å²) in [4.78, 5) is 13.7. The number of hydrogen-bond acceptors (Lipinski definition) is 2. The maximum absolute atomic E-state index is 13.6. The Morgan fingerprint density at radius 2 is 1.81 bits per heavy atom. The minimum Gasteiger partial charge on any atom is -0.331 e. The zero-order chi connectivity index (χ0) is 22.1. The molecule has 0 aromatic heterocycles. The molecule has 0 bridgehead atoms. The van der Waals surface area contributed by atoms with Crippen molar-refractivity contribution in [1.29, 1.82) is 0 Å². The molecule has 1 saturated heterocycles. The predicted molar refractivity (Wildman–Crippen MR) is 118 cm³/mol. The standard InChI is InChI=1S/C24H26BrF3N2O/c25-19-8-4-5-17(13-19)15-23(9-11-29-12-10-23)16-30(22(31)24(26,27)28)21-14-20(21)18-6-2-1-3-7-18/h1-8,13,20-21,29H,9-12,14-16H2/t20-,21+/m0/s1. The van der Waals surface area contributed by atoms with Gasteiger partial charge in [-0.3, -0.25) is 4.79 Å². The molecule has 0 spiro atoms. The highest BCUT2D eigenvalue weighted by molar-refractivity contribution is 9.10. The minimum atomic E-state index is -4.87. The van der Waals surface area contributed by atoms with Gasteiger partial charge in [0.05, 0.1) is 0 Å². The number of nitrogens with one attached hydrogen (secondary N) is 1. The average Bonchev–Trinajstić information content (AvgIpc) is 3.53. The molecule has 1 aliphatic carbocycles. The Labute approximate surface area is 189 Å². The van der Waals surface area contributed by atoms with Crippen LogP contribution in [0.4, 0.5) is 13.2 Å². The molecular weight excluding hydrogens is 469 g/mol. The largest absolute Gasteiger partial charge is 0.471 e. The van der Waals surface area contributed by atoms with Crippen LogP contribution in [0.15, 0.2) is 59.1 Å². The Balaban J connectivity index is 1.61. The number of alkyl halides is 3. The summed E-state index contributed by atoms with van der Waals surface area (Å²) in [5.74, 6) is -1.74. The minimum absolute atomic E-state index is 0.0304. The smallest absolute Gasteiger partial charge is 0.331 e. The lowest BCUT2D eigenvalue weighted by atomic mass is 9.73. The molecule has 2 aliphatic rings. The molecule has 3 nitrogen and oxygen atoms in total. The van der Waals surface area contributed by atoms with Crippen LogP contribution in [0.3, 0.4) is 0 Å². The zero-order valence-electron chi connectivity index (χ0n) is 17.2. The van der Waals surface area contributed by atoms with Gasteiger partial charge in [0.1, 0.15) is 0 Å². The molecule has 2 aromatic rings. The van der Waals surface area contributed by atoms with Crippen molar-refractivity contribution in [2.45, 2.75) is 43.8 Å². The van der Waals surface area contributed by atoms with Crippen LogP contribution in [0.25, 0.3) is 0 Å². The van der Waals surface area contributed by atoms with E-state index in [4.69, 9.17) is 0 Å². The first-order chi connectivity index (χ1) is 14.8. The van der Waals surface area contributed by atoms with E-state index in [9.17, 15) is 18.0 Å². The van der Waals surface area contributed by atoms with Crippen molar-refractivity contribution in [2.75, 3.05) is 19.6 Å². The number of rotatable bonds is 6.